The molecule has 0 radical (unpaired) electrons. The zero-order chi connectivity index (χ0) is 33.8. The number of nitrogens with zero attached hydrogens (tertiary/aromatic N) is 5. The van der Waals surface area contributed by atoms with Crippen LogP contribution in [-0.4, -0.2) is 81.6 Å². The Hall–Kier alpha value is -4.82. The van der Waals surface area contributed by atoms with E-state index < -0.39 is 27.8 Å². The number of carbonyl (C=O) groups excluding carboxylic acids is 1. The Morgan fingerprint density at radius 3 is 2.21 bits per heavy atom. The van der Waals surface area contributed by atoms with Crippen LogP contribution in [0.5, 0.6) is 11.5 Å². The van der Waals surface area contributed by atoms with Gasteiger partial charge in [0.25, 0.3) is 0 Å². The van der Waals surface area contributed by atoms with Gasteiger partial charge in [-0.3, -0.25) is 4.79 Å². The molecule has 0 saturated carbocycles. The van der Waals surface area contributed by atoms with Crippen LogP contribution in [0.2, 0.25) is 0 Å². The molecule has 1 amide bonds. The van der Waals surface area contributed by atoms with Crippen molar-refractivity contribution in [1.29, 1.82) is 0 Å². The largest absolute Gasteiger partial charge is 0.496 e. The number of amides is 1. The van der Waals surface area contributed by atoms with E-state index in [1.54, 1.807) is 50.6 Å². The van der Waals surface area contributed by atoms with Crippen LogP contribution < -0.4 is 24.6 Å². The lowest BCUT2D eigenvalue weighted by Gasteiger charge is -2.36. The van der Waals surface area contributed by atoms with Gasteiger partial charge >= 0.3 is 0 Å². The normalized spacial score (nSPS) is 17.0. The van der Waals surface area contributed by atoms with Gasteiger partial charge in [0.05, 0.1) is 48.3 Å². The van der Waals surface area contributed by atoms with Gasteiger partial charge in [-0.25, -0.2) is 27.2 Å². The summed E-state index contributed by atoms with van der Waals surface area (Å²) in [5, 5.41) is 2.88. The average Bonchev–Trinajstić information content (AvgIpc) is 3.62. The van der Waals surface area contributed by atoms with Crippen LogP contribution in [0.25, 0.3) is 11.3 Å². The number of rotatable bonds is 10. The summed E-state index contributed by atoms with van der Waals surface area (Å²) in [5.74, 6) is 0.187. The molecule has 4 aromatic rings. The number of carbonyl (C=O) groups is 1. The highest BCUT2D eigenvalue weighted by Crippen LogP contribution is 2.38. The second-order valence-corrected chi connectivity index (χ2v) is 13.3. The molecule has 2 aliphatic heterocycles. The van der Waals surface area contributed by atoms with Gasteiger partial charge < -0.3 is 24.6 Å². The molecule has 0 bridgehead atoms. The summed E-state index contributed by atoms with van der Waals surface area (Å²) < 4.78 is 67.1. The quantitative estimate of drug-likeness (QED) is 0.263. The smallest absolute Gasteiger partial charge is 0.243 e. The molecular weight excluding hydrogens is 642 g/mol. The summed E-state index contributed by atoms with van der Waals surface area (Å²) in [6.07, 6.45) is 0.851. The van der Waals surface area contributed by atoms with Gasteiger partial charge in [-0.05, 0) is 67.4 Å². The first-order chi connectivity index (χ1) is 23.2. The fourth-order valence-electron chi connectivity index (χ4n) is 6.13. The Labute approximate surface area is 278 Å². The van der Waals surface area contributed by atoms with Crippen molar-refractivity contribution in [1.82, 2.24) is 19.6 Å². The molecule has 11 nitrogen and oxygen atoms in total. The van der Waals surface area contributed by atoms with Crippen LogP contribution in [0.3, 0.4) is 0 Å². The molecule has 0 spiro atoms. The lowest BCUT2D eigenvalue weighted by molar-refractivity contribution is -0.124. The Morgan fingerprint density at radius 1 is 0.875 bits per heavy atom. The van der Waals surface area contributed by atoms with E-state index in [0.717, 1.165) is 12.1 Å². The predicted molar refractivity (Wildman–Crippen MR) is 177 cm³/mol. The zero-order valence-corrected chi connectivity index (χ0v) is 27.4. The summed E-state index contributed by atoms with van der Waals surface area (Å²) in [6.45, 7) is 2.29. The fraction of sp³-hybridized carbons (Fsp3) is 0.324. The standard InChI is InChI=1S/C34H36F2N6O5S/c1-46-30-10-5-11-31(47-2)32(30)27-21-24(38-34(39-27)41-19-17-40(18-20-41)28-8-4-3-7-26(28)36)22-37-33(43)29-9-6-16-42(29)48(44,45)25-14-12-23(35)13-15-25/h3-5,7-8,10-15,21,29H,6,9,16-20,22H2,1-2H3,(H,37,43)/t29-/m0/s1. The Bertz CT molecular complexity index is 1870. The van der Waals surface area contributed by atoms with Crippen molar-refractivity contribution in [3.63, 3.8) is 0 Å². The third kappa shape index (κ3) is 6.76. The van der Waals surface area contributed by atoms with Crippen LogP contribution in [-0.2, 0) is 21.4 Å². The van der Waals surface area contributed by atoms with E-state index in [2.05, 4.69) is 5.32 Å². The van der Waals surface area contributed by atoms with Crippen LogP contribution >= 0.6 is 0 Å². The Balaban J connectivity index is 1.26. The second-order valence-electron chi connectivity index (χ2n) is 11.5. The Morgan fingerprint density at radius 2 is 1.54 bits per heavy atom. The Kier molecular flexibility index (Phi) is 9.73. The lowest BCUT2D eigenvalue weighted by atomic mass is 10.1. The summed E-state index contributed by atoms with van der Waals surface area (Å²) >= 11 is 0. The molecule has 2 aliphatic rings. The number of aromatic nitrogens is 2. The molecule has 3 heterocycles. The van der Waals surface area contributed by atoms with Gasteiger partial charge in [0.2, 0.25) is 21.9 Å². The number of hydrogen-bond donors (Lipinski definition) is 1. The SMILES string of the molecule is COc1cccc(OC)c1-c1cc(CNC(=O)[C@@H]2CCCN2S(=O)(=O)c2ccc(F)cc2)nc(N2CCN(c3ccccc3F)CC2)n1. The van der Waals surface area contributed by atoms with Gasteiger partial charge in [0, 0.05) is 32.7 Å². The first-order valence-corrected chi connectivity index (χ1v) is 17.0. The molecule has 14 heteroatoms. The van der Waals surface area contributed by atoms with Crippen molar-refractivity contribution in [2.45, 2.75) is 30.3 Å². The van der Waals surface area contributed by atoms with Crippen LogP contribution in [0.1, 0.15) is 18.5 Å². The number of anilines is 2. The third-order valence-electron chi connectivity index (χ3n) is 8.58. The minimum absolute atomic E-state index is 0.00501. The van der Waals surface area contributed by atoms with E-state index in [1.807, 2.05) is 15.9 Å². The van der Waals surface area contributed by atoms with Crippen molar-refractivity contribution < 1.29 is 31.5 Å². The van der Waals surface area contributed by atoms with E-state index in [1.165, 1.54) is 22.5 Å². The molecule has 48 heavy (non-hydrogen) atoms. The van der Waals surface area contributed by atoms with Gasteiger partial charge in [-0.2, -0.15) is 4.31 Å². The topological polar surface area (TPSA) is 117 Å². The van der Waals surface area contributed by atoms with Crippen molar-refractivity contribution >= 4 is 27.6 Å². The number of sulfonamides is 1. The maximum absolute atomic E-state index is 14.5. The summed E-state index contributed by atoms with van der Waals surface area (Å²) in [5.41, 5.74) is 2.14. The molecule has 2 saturated heterocycles. The van der Waals surface area contributed by atoms with Crippen LogP contribution in [0.15, 0.2) is 77.7 Å². The predicted octanol–water partition coefficient (Wildman–Crippen LogP) is 4.24. The highest BCUT2D eigenvalue weighted by Gasteiger charge is 2.39. The molecule has 2 fully saturated rings. The summed E-state index contributed by atoms with van der Waals surface area (Å²) in [4.78, 5) is 27.1. The van der Waals surface area contributed by atoms with Gasteiger partial charge in [-0.1, -0.05) is 18.2 Å². The van der Waals surface area contributed by atoms with Gasteiger partial charge in [-0.15, -0.1) is 0 Å². The molecule has 252 valence electrons. The third-order valence-corrected chi connectivity index (χ3v) is 10.5. The second kappa shape index (κ2) is 14.1. The lowest BCUT2D eigenvalue weighted by Crippen LogP contribution is -2.47. The number of piperazine rings is 1. The van der Waals surface area contributed by atoms with E-state index >= 15 is 0 Å². The molecule has 1 aromatic heterocycles. The molecule has 3 aromatic carbocycles. The van der Waals surface area contributed by atoms with Crippen molar-refractivity contribution in [2.24, 2.45) is 0 Å². The first kappa shape index (κ1) is 33.1. The first-order valence-electron chi connectivity index (χ1n) is 15.6. The summed E-state index contributed by atoms with van der Waals surface area (Å²) in [6, 6.07) is 17.4. The van der Waals surface area contributed by atoms with Crippen molar-refractivity contribution in [2.75, 3.05) is 56.7 Å². The number of ether oxygens (including phenoxy) is 2. The highest BCUT2D eigenvalue weighted by molar-refractivity contribution is 7.89. The number of nitrogens with one attached hydrogen (secondary N) is 1. The minimum atomic E-state index is -4.02. The van der Waals surface area contributed by atoms with Crippen molar-refractivity contribution in [3.05, 3.63) is 90.1 Å². The van der Waals surface area contributed by atoms with Crippen LogP contribution in [0, 0.1) is 11.6 Å². The molecule has 0 unspecified atom stereocenters. The summed E-state index contributed by atoms with van der Waals surface area (Å²) in [7, 11) is -0.916. The van der Waals surface area contributed by atoms with Crippen LogP contribution in [0.4, 0.5) is 20.4 Å². The van der Waals surface area contributed by atoms with Gasteiger partial charge in [0.1, 0.15) is 29.2 Å². The van der Waals surface area contributed by atoms with Crippen molar-refractivity contribution in [3.8, 4) is 22.8 Å². The van der Waals surface area contributed by atoms with E-state index in [-0.39, 0.29) is 23.8 Å². The average molecular weight is 679 g/mol. The molecule has 0 aliphatic carbocycles. The highest BCUT2D eigenvalue weighted by atomic mass is 32.2. The number of methoxy groups -OCH3 is 2. The minimum Gasteiger partial charge on any atom is -0.496 e. The molecule has 1 N–H and O–H groups in total. The van der Waals surface area contributed by atoms with E-state index in [4.69, 9.17) is 19.4 Å². The maximum Gasteiger partial charge on any atom is 0.243 e. The molecule has 6 rings (SSSR count). The number of hydrogen-bond acceptors (Lipinski definition) is 9. The van der Waals surface area contributed by atoms with E-state index in [0.29, 0.717) is 79.1 Å². The molecular formula is C34H36F2N6O5S. The number of benzene rings is 3. The maximum atomic E-state index is 14.5. The fourth-order valence-corrected chi connectivity index (χ4v) is 7.79. The van der Waals surface area contributed by atoms with E-state index in [9.17, 15) is 22.0 Å². The number of para-hydroxylation sites is 1. The monoisotopic (exact) mass is 678 g/mol. The molecule has 1 atom stereocenters. The van der Waals surface area contributed by atoms with Gasteiger partial charge in [0.15, 0.2) is 0 Å². The zero-order valence-electron chi connectivity index (χ0n) is 26.6. The number of halogens is 2.